The molecule has 128 valence electrons. The van der Waals surface area contributed by atoms with Gasteiger partial charge < -0.3 is 4.74 Å². The molecule has 1 aliphatic heterocycles. The molecular weight excluding hydrogens is 314 g/mol. The number of hydrogen-bond donors (Lipinski definition) is 0. The molecule has 0 bridgehead atoms. The van der Waals surface area contributed by atoms with Gasteiger partial charge in [-0.15, -0.1) is 11.3 Å². The van der Waals surface area contributed by atoms with Crippen molar-refractivity contribution < 1.29 is 4.74 Å². The quantitative estimate of drug-likeness (QED) is 0.579. The summed E-state index contributed by atoms with van der Waals surface area (Å²) >= 11 is 1.74. The summed E-state index contributed by atoms with van der Waals surface area (Å²) in [5.74, 6) is 1.07. The Morgan fingerprint density at radius 3 is 2.83 bits per heavy atom. The summed E-state index contributed by atoms with van der Waals surface area (Å²) in [6.07, 6.45) is 7.13. The predicted molar refractivity (Wildman–Crippen MR) is 104 cm³/mol. The van der Waals surface area contributed by atoms with Crippen LogP contribution >= 0.6 is 11.3 Å². The molecule has 3 rings (SSSR count). The fourth-order valence-electron chi connectivity index (χ4n) is 3.14. The van der Waals surface area contributed by atoms with Crippen molar-refractivity contribution in [2.45, 2.75) is 39.2 Å². The summed E-state index contributed by atoms with van der Waals surface area (Å²) in [7, 11) is 0. The van der Waals surface area contributed by atoms with Crippen LogP contribution in [0, 0.1) is 0 Å². The van der Waals surface area contributed by atoms with Gasteiger partial charge in [-0.3, -0.25) is 4.90 Å². The van der Waals surface area contributed by atoms with Gasteiger partial charge in [-0.05, 0) is 24.0 Å². The molecule has 1 aliphatic rings. The Hall–Kier alpha value is -1.58. The number of unbranched alkanes of at least 4 members (excludes halogenated alkanes) is 2. The standard InChI is InChI=1S/C21H27NOS/c1-2-3-7-13-23-21-17-24-16-20(21)19-11-8-12-22(15-19)14-18-9-5-4-6-10-18/h4-6,9-11,16-17H,2-3,7-8,12-15H2,1H3. The molecular formula is C21H27NOS. The number of thiophene rings is 1. The third kappa shape index (κ3) is 4.71. The minimum absolute atomic E-state index is 0.832. The monoisotopic (exact) mass is 341 g/mol. The van der Waals surface area contributed by atoms with Crippen LogP contribution < -0.4 is 4.74 Å². The average molecular weight is 342 g/mol. The molecule has 1 aromatic carbocycles. The molecule has 0 amide bonds. The predicted octanol–water partition coefficient (Wildman–Crippen LogP) is 5.61. The third-order valence-corrected chi connectivity index (χ3v) is 5.18. The Morgan fingerprint density at radius 1 is 1.12 bits per heavy atom. The second-order valence-electron chi connectivity index (χ2n) is 6.42. The molecule has 1 aromatic heterocycles. The lowest BCUT2D eigenvalue weighted by Gasteiger charge is -2.27. The van der Waals surface area contributed by atoms with Crippen molar-refractivity contribution >= 4 is 16.9 Å². The second kappa shape index (κ2) is 9.05. The normalized spacial score (nSPS) is 15.3. The SMILES string of the molecule is CCCCCOc1cscc1C1=CCCN(Cc2ccccc2)C1. The lowest BCUT2D eigenvalue weighted by atomic mass is 10.0. The van der Waals surface area contributed by atoms with Crippen LogP contribution in [0.1, 0.15) is 43.7 Å². The van der Waals surface area contributed by atoms with Crippen molar-refractivity contribution in [3.05, 3.63) is 58.3 Å². The zero-order valence-electron chi connectivity index (χ0n) is 14.5. The Labute approximate surface area is 149 Å². The summed E-state index contributed by atoms with van der Waals surface area (Å²) < 4.78 is 6.04. The third-order valence-electron chi connectivity index (χ3n) is 4.46. The number of nitrogens with zero attached hydrogens (tertiary/aromatic N) is 1. The molecule has 3 heteroatoms. The maximum atomic E-state index is 6.04. The molecule has 0 unspecified atom stereocenters. The van der Waals surface area contributed by atoms with Gasteiger partial charge in [0.05, 0.1) is 6.61 Å². The summed E-state index contributed by atoms with van der Waals surface area (Å²) in [6, 6.07) is 10.8. The first kappa shape index (κ1) is 17.2. The average Bonchev–Trinajstić information content (AvgIpc) is 3.08. The van der Waals surface area contributed by atoms with E-state index < -0.39 is 0 Å². The van der Waals surface area contributed by atoms with Crippen molar-refractivity contribution in [3.63, 3.8) is 0 Å². The van der Waals surface area contributed by atoms with Crippen LogP contribution in [0.3, 0.4) is 0 Å². The van der Waals surface area contributed by atoms with Gasteiger partial charge in [0.15, 0.2) is 0 Å². The first-order valence-corrected chi connectivity index (χ1v) is 9.95. The Kier molecular flexibility index (Phi) is 6.50. The van der Waals surface area contributed by atoms with Gasteiger partial charge in [-0.2, -0.15) is 0 Å². The first-order valence-electron chi connectivity index (χ1n) is 9.01. The van der Waals surface area contributed by atoms with Crippen LogP contribution in [-0.2, 0) is 6.54 Å². The molecule has 0 atom stereocenters. The van der Waals surface area contributed by atoms with Gasteiger partial charge in [-0.1, -0.05) is 56.2 Å². The fraction of sp³-hybridized carbons (Fsp3) is 0.429. The Balaban J connectivity index is 1.61. The molecule has 0 aliphatic carbocycles. The van der Waals surface area contributed by atoms with Gasteiger partial charge >= 0.3 is 0 Å². The van der Waals surface area contributed by atoms with Gasteiger partial charge in [0.1, 0.15) is 5.75 Å². The Bertz CT molecular complexity index is 647. The van der Waals surface area contributed by atoms with Gasteiger partial charge in [0, 0.05) is 36.0 Å². The summed E-state index contributed by atoms with van der Waals surface area (Å²) in [6.45, 7) is 6.23. The van der Waals surface area contributed by atoms with Crippen LogP contribution in [0.5, 0.6) is 5.75 Å². The molecule has 24 heavy (non-hydrogen) atoms. The minimum atomic E-state index is 0.832. The largest absolute Gasteiger partial charge is 0.492 e. The molecule has 2 aromatic rings. The minimum Gasteiger partial charge on any atom is -0.492 e. The van der Waals surface area contributed by atoms with Gasteiger partial charge in [-0.25, -0.2) is 0 Å². The zero-order valence-corrected chi connectivity index (χ0v) is 15.4. The fourth-order valence-corrected chi connectivity index (χ4v) is 3.93. The highest BCUT2D eigenvalue weighted by Crippen LogP contribution is 2.33. The van der Waals surface area contributed by atoms with Crippen molar-refractivity contribution in [2.24, 2.45) is 0 Å². The van der Waals surface area contributed by atoms with Gasteiger partial charge in [0.2, 0.25) is 0 Å². The summed E-state index contributed by atoms with van der Waals surface area (Å²) in [5, 5.41) is 4.39. The molecule has 0 saturated carbocycles. The van der Waals surface area contributed by atoms with E-state index in [-0.39, 0.29) is 0 Å². The summed E-state index contributed by atoms with van der Waals surface area (Å²) in [4.78, 5) is 2.53. The number of rotatable bonds is 8. The molecule has 2 heterocycles. The Morgan fingerprint density at radius 2 is 2.00 bits per heavy atom. The number of ether oxygens (including phenoxy) is 1. The number of benzene rings is 1. The van der Waals surface area contributed by atoms with E-state index in [2.05, 4.69) is 59.0 Å². The highest BCUT2D eigenvalue weighted by molar-refractivity contribution is 7.08. The number of hydrogen-bond acceptors (Lipinski definition) is 3. The van der Waals surface area contributed by atoms with E-state index in [1.54, 1.807) is 11.3 Å². The van der Waals surface area contributed by atoms with Crippen molar-refractivity contribution in [1.29, 1.82) is 0 Å². The molecule has 0 spiro atoms. The van der Waals surface area contributed by atoms with E-state index in [1.807, 2.05) is 0 Å². The first-order chi connectivity index (χ1) is 11.9. The summed E-state index contributed by atoms with van der Waals surface area (Å²) in [5.41, 5.74) is 4.11. The highest BCUT2D eigenvalue weighted by Gasteiger charge is 2.17. The van der Waals surface area contributed by atoms with E-state index in [1.165, 1.54) is 29.5 Å². The second-order valence-corrected chi connectivity index (χ2v) is 7.16. The molecule has 0 fully saturated rings. The van der Waals surface area contributed by atoms with E-state index in [9.17, 15) is 0 Å². The molecule has 2 nitrogen and oxygen atoms in total. The molecule has 0 N–H and O–H groups in total. The van der Waals surface area contributed by atoms with Crippen LogP contribution in [-0.4, -0.2) is 24.6 Å². The van der Waals surface area contributed by atoms with Crippen LogP contribution in [0.25, 0.3) is 5.57 Å². The van der Waals surface area contributed by atoms with Gasteiger partial charge in [0.25, 0.3) is 0 Å². The van der Waals surface area contributed by atoms with Crippen molar-refractivity contribution in [3.8, 4) is 5.75 Å². The van der Waals surface area contributed by atoms with Crippen molar-refractivity contribution in [2.75, 3.05) is 19.7 Å². The van der Waals surface area contributed by atoms with Crippen LogP contribution in [0.15, 0.2) is 47.2 Å². The topological polar surface area (TPSA) is 12.5 Å². The van der Waals surface area contributed by atoms with E-state index in [4.69, 9.17) is 4.74 Å². The highest BCUT2D eigenvalue weighted by atomic mass is 32.1. The maximum absolute atomic E-state index is 6.04. The zero-order chi connectivity index (χ0) is 16.6. The maximum Gasteiger partial charge on any atom is 0.137 e. The van der Waals surface area contributed by atoms with Crippen LogP contribution in [0.2, 0.25) is 0 Å². The smallest absolute Gasteiger partial charge is 0.137 e. The lowest BCUT2D eigenvalue weighted by Crippen LogP contribution is -2.29. The van der Waals surface area contributed by atoms with E-state index in [0.717, 1.165) is 44.8 Å². The lowest BCUT2D eigenvalue weighted by molar-refractivity contribution is 0.293. The van der Waals surface area contributed by atoms with Crippen molar-refractivity contribution in [1.82, 2.24) is 4.90 Å². The van der Waals surface area contributed by atoms with E-state index >= 15 is 0 Å². The molecule has 0 saturated heterocycles. The van der Waals surface area contributed by atoms with Crippen LogP contribution in [0.4, 0.5) is 0 Å². The molecule has 0 radical (unpaired) electrons. The van der Waals surface area contributed by atoms with E-state index in [0.29, 0.717) is 0 Å².